The smallest absolute Gasteiger partial charge is 0.338 e. The van der Waals surface area contributed by atoms with Crippen LogP contribution < -0.4 is 4.90 Å². The third kappa shape index (κ3) is 5.84. The fourth-order valence-corrected chi connectivity index (χ4v) is 5.53. The van der Waals surface area contributed by atoms with E-state index in [2.05, 4.69) is 0 Å². The molecule has 1 saturated heterocycles. The van der Waals surface area contributed by atoms with Crippen LogP contribution in [0.2, 0.25) is 0 Å². The highest BCUT2D eigenvalue weighted by Crippen LogP contribution is 2.38. The minimum atomic E-state index is -0.770. The molecule has 6 nitrogen and oxygen atoms in total. The zero-order chi connectivity index (χ0) is 30.0. The van der Waals surface area contributed by atoms with Gasteiger partial charge in [-0.1, -0.05) is 80.6 Å². The van der Waals surface area contributed by atoms with E-state index in [1.807, 2.05) is 94.4 Å². The van der Waals surface area contributed by atoms with Gasteiger partial charge in [-0.3, -0.25) is 14.5 Å². The van der Waals surface area contributed by atoms with Crippen LogP contribution >= 0.6 is 0 Å². The van der Waals surface area contributed by atoms with Crippen LogP contribution in [0.15, 0.2) is 103 Å². The number of nitrogens with zero attached hydrogens (tertiary/aromatic N) is 1. The number of carbonyl (C=O) groups excluding carboxylic acids is 3. The summed E-state index contributed by atoms with van der Waals surface area (Å²) in [5, 5.41) is 9.54. The van der Waals surface area contributed by atoms with E-state index in [0.29, 0.717) is 17.7 Å². The molecule has 0 spiro atoms. The van der Waals surface area contributed by atoms with E-state index in [-0.39, 0.29) is 23.5 Å². The van der Waals surface area contributed by atoms with Gasteiger partial charge in [0.1, 0.15) is 11.4 Å². The molecule has 0 aromatic heterocycles. The number of carbonyl (C=O) groups is 3. The molecule has 3 atom stereocenters. The summed E-state index contributed by atoms with van der Waals surface area (Å²) in [6.45, 7) is 7.58. The number of amides is 2. The van der Waals surface area contributed by atoms with E-state index in [1.54, 1.807) is 36.4 Å². The molecule has 1 N–H and O–H groups in total. The van der Waals surface area contributed by atoms with Crippen molar-refractivity contribution in [3.63, 3.8) is 0 Å². The van der Waals surface area contributed by atoms with E-state index in [0.717, 1.165) is 22.3 Å². The van der Waals surface area contributed by atoms with E-state index in [9.17, 15) is 19.5 Å². The molecule has 214 valence electrons. The number of esters is 1. The fraction of sp³-hybridized carbons (Fsp3) is 0.250. The van der Waals surface area contributed by atoms with Crippen molar-refractivity contribution in [2.24, 2.45) is 11.8 Å². The number of anilines is 1. The second kappa shape index (κ2) is 11.6. The summed E-state index contributed by atoms with van der Waals surface area (Å²) in [7, 11) is 0. The molecule has 1 heterocycles. The van der Waals surface area contributed by atoms with Crippen molar-refractivity contribution in [3.05, 3.63) is 120 Å². The Bertz CT molecular complexity index is 1580. The molecular formula is C36H35NO5. The van der Waals surface area contributed by atoms with E-state index >= 15 is 0 Å². The van der Waals surface area contributed by atoms with Gasteiger partial charge in [-0.15, -0.1) is 0 Å². The summed E-state index contributed by atoms with van der Waals surface area (Å²) < 4.78 is 5.81. The quantitative estimate of drug-likeness (QED) is 0.178. The number of ether oxygens (including phenoxy) is 1. The number of phenols is 1. The Morgan fingerprint density at radius 2 is 1.40 bits per heavy atom. The molecule has 42 heavy (non-hydrogen) atoms. The minimum Gasteiger partial charge on any atom is -0.508 e. The third-order valence-electron chi connectivity index (χ3n) is 8.22. The summed E-state index contributed by atoms with van der Waals surface area (Å²) in [4.78, 5) is 40.9. The van der Waals surface area contributed by atoms with E-state index < -0.39 is 23.4 Å². The molecule has 0 bridgehead atoms. The van der Waals surface area contributed by atoms with Gasteiger partial charge in [0.15, 0.2) is 0 Å². The van der Waals surface area contributed by atoms with Crippen LogP contribution in [0.1, 0.15) is 61.5 Å². The lowest BCUT2D eigenvalue weighted by atomic mass is 9.84. The maximum absolute atomic E-state index is 13.5. The average molecular weight is 562 g/mol. The molecule has 5 rings (SSSR count). The van der Waals surface area contributed by atoms with E-state index in [4.69, 9.17) is 4.74 Å². The van der Waals surface area contributed by atoms with Gasteiger partial charge in [0.2, 0.25) is 11.8 Å². The number of benzene rings is 4. The van der Waals surface area contributed by atoms with Crippen LogP contribution in [0.5, 0.6) is 5.75 Å². The Morgan fingerprint density at radius 3 is 2.00 bits per heavy atom. The van der Waals surface area contributed by atoms with Gasteiger partial charge >= 0.3 is 5.97 Å². The number of imide groups is 1. The maximum Gasteiger partial charge on any atom is 0.338 e. The van der Waals surface area contributed by atoms with Crippen molar-refractivity contribution in [2.45, 2.75) is 45.6 Å². The number of rotatable bonds is 8. The van der Waals surface area contributed by atoms with Gasteiger partial charge in [0.05, 0.1) is 17.2 Å². The summed E-state index contributed by atoms with van der Waals surface area (Å²) in [6.07, 6.45) is 0.513. The van der Waals surface area contributed by atoms with Gasteiger partial charge in [-0.05, 0) is 84.8 Å². The highest BCUT2D eigenvalue weighted by molar-refractivity contribution is 6.22. The first-order valence-electron chi connectivity index (χ1n) is 14.2. The zero-order valence-corrected chi connectivity index (χ0v) is 24.3. The molecule has 6 heteroatoms. The predicted octanol–water partition coefficient (Wildman–Crippen LogP) is 7.47. The molecule has 3 unspecified atom stereocenters. The van der Waals surface area contributed by atoms with Crippen LogP contribution in [0.25, 0.3) is 11.1 Å². The highest BCUT2D eigenvalue weighted by Gasteiger charge is 2.46. The average Bonchev–Trinajstić information content (AvgIpc) is 3.20. The lowest BCUT2D eigenvalue weighted by molar-refractivity contribution is -0.122. The van der Waals surface area contributed by atoms with Crippen LogP contribution in [0.3, 0.4) is 0 Å². The summed E-state index contributed by atoms with van der Waals surface area (Å²) in [5.41, 5.74) is 3.99. The van der Waals surface area contributed by atoms with E-state index in [1.165, 1.54) is 4.90 Å². The van der Waals surface area contributed by atoms with Crippen molar-refractivity contribution < 1.29 is 24.2 Å². The topological polar surface area (TPSA) is 83.9 Å². The molecule has 0 radical (unpaired) electrons. The molecule has 1 aliphatic rings. The van der Waals surface area contributed by atoms with Crippen molar-refractivity contribution in [2.75, 3.05) is 4.90 Å². The van der Waals surface area contributed by atoms with Gasteiger partial charge < -0.3 is 9.84 Å². The fourth-order valence-electron chi connectivity index (χ4n) is 5.53. The van der Waals surface area contributed by atoms with Crippen LogP contribution in [-0.4, -0.2) is 22.9 Å². The van der Waals surface area contributed by atoms with Crippen LogP contribution in [0.4, 0.5) is 5.69 Å². The SMILES string of the molecule is CC(CC1C(=O)N(c2ccc(-c3ccc(O)cc3)cc2)C(=O)C1C)c1ccc(C(=O)OC(C)(C)c2ccccc2)cc1. The lowest BCUT2D eigenvalue weighted by Gasteiger charge is -2.25. The number of hydrogen-bond acceptors (Lipinski definition) is 5. The molecule has 1 fully saturated rings. The molecule has 0 saturated carbocycles. The van der Waals surface area contributed by atoms with Gasteiger partial charge in [-0.2, -0.15) is 0 Å². The summed E-state index contributed by atoms with van der Waals surface area (Å²) >= 11 is 0. The normalized spacial score (nSPS) is 17.8. The molecular weight excluding hydrogens is 526 g/mol. The van der Waals surface area contributed by atoms with Gasteiger partial charge in [0.25, 0.3) is 0 Å². The third-order valence-corrected chi connectivity index (χ3v) is 8.22. The molecule has 1 aliphatic heterocycles. The van der Waals surface area contributed by atoms with Crippen molar-refractivity contribution in [3.8, 4) is 16.9 Å². The number of hydrogen-bond donors (Lipinski definition) is 1. The number of aromatic hydroxyl groups is 1. The van der Waals surface area contributed by atoms with Crippen LogP contribution in [-0.2, 0) is 19.9 Å². The van der Waals surface area contributed by atoms with Crippen LogP contribution in [0, 0.1) is 11.8 Å². The van der Waals surface area contributed by atoms with Crippen molar-refractivity contribution in [1.82, 2.24) is 0 Å². The standard InChI is InChI=1S/C36H35NO5/c1-23(25-10-12-28(13-11-25)35(41)42-36(3,4)29-8-6-5-7-9-29)22-32-24(2)33(39)37(34(32)40)30-18-14-26(15-19-30)27-16-20-31(38)21-17-27/h5-21,23-24,32,38H,22H2,1-4H3. The first-order valence-corrected chi connectivity index (χ1v) is 14.2. The second-order valence-electron chi connectivity index (χ2n) is 11.5. The minimum absolute atomic E-state index is 0.00291. The molecule has 4 aromatic carbocycles. The number of phenolic OH excluding ortho intramolecular Hbond substituents is 1. The Kier molecular flexibility index (Phi) is 7.99. The zero-order valence-electron chi connectivity index (χ0n) is 24.3. The van der Waals surface area contributed by atoms with Crippen molar-refractivity contribution >= 4 is 23.5 Å². The highest BCUT2D eigenvalue weighted by atomic mass is 16.6. The van der Waals surface area contributed by atoms with Gasteiger partial charge in [0, 0.05) is 5.92 Å². The molecule has 4 aromatic rings. The van der Waals surface area contributed by atoms with Gasteiger partial charge in [-0.25, -0.2) is 4.79 Å². The summed E-state index contributed by atoms with van der Waals surface area (Å²) in [6, 6.07) is 31.1. The molecule has 2 amide bonds. The first kappa shape index (κ1) is 28.8. The monoisotopic (exact) mass is 561 g/mol. The second-order valence-corrected chi connectivity index (χ2v) is 11.5. The Hall–Kier alpha value is -4.71. The maximum atomic E-state index is 13.5. The molecule has 0 aliphatic carbocycles. The first-order chi connectivity index (χ1) is 20.0. The summed E-state index contributed by atoms with van der Waals surface area (Å²) in [5.74, 6) is -1.49. The largest absolute Gasteiger partial charge is 0.508 e. The van der Waals surface area contributed by atoms with Crippen molar-refractivity contribution in [1.29, 1.82) is 0 Å². The Morgan fingerprint density at radius 1 is 0.833 bits per heavy atom. The lowest BCUT2D eigenvalue weighted by Crippen LogP contribution is -2.30. The Labute approximate surface area is 246 Å². The Balaban J connectivity index is 1.24. The predicted molar refractivity (Wildman–Crippen MR) is 163 cm³/mol.